The molecule has 0 unspecified atom stereocenters. The Labute approximate surface area is 216 Å². The van der Waals surface area contributed by atoms with Gasteiger partial charge in [-0.25, -0.2) is 4.99 Å². The van der Waals surface area contributed by atoms with E-state index in [1.807, 2.05) is 62.4 Å². The van der Waals surface area contributed by atoms with Gasteiger partial charge in [0.1, 0.15) is 23.0 Å². The van der Waals surface area contributed by atoms with Gasteiger partial charge in [-0.2, -0.15) is 9.78 Å². The van der Waals surface area contributed by atoms with Crippen molar-refractivity contribution in [3.8, 4) is 22.6 Å². The van der Waals surface area contributed by atoms with Gasteiger partial charge in [-0.3, -0.25) is 0 Å². The number of rotatable bonds is 6. The number of furan rings is 2. The lowest BCUT2D eigenvalue weighted by Crippen LogP contribution is -1.97. The molecular weight excluding hydrogens is 499 g/mol. The van der Waals surface area contributed by atoms with Crippen LogP contribution < -0.4 is 5.73 Å². The second-order valence-corrected chi connectivity index (χ2v) is 8.72. The lowest BCUT2D eigenvalue weighted by atomic mass is 10.1. The molecule has 8 nitrogen and oxygen atoms in total. The standard InChI is InChI=1S/C26H20Cl2N6O2/c1-15-19(5-3-7-21(15)27)23-11-9-17(35-23)13-30-26-33-32-25(29)34(26)31-14-18-10-12-24(36-18)20-6-4-8-22(28)16(20)2/h3-14H,1-2H3,(H2,29,32). The molecule has 3 heterocycles. The summed E-state index contributed by atoms with van der Waals surface area (Å²) in [6.07, 6.45) is 3.03. The highest BCUT2D eigenvalue weighted by molar-refractivity contribution is 6.32. The molecule has 0 radical (unpaired) electrons. The maximum atomic E-state index is 6.23. The largest absolute Gasteiger partial charge is 0.455 e. The molecule has 0 aliphatic heterocycles. The Balaban J connectivity index is 1.36. The van der Waals surface area contributed by atoms with E-state index in [-0.39, 0.29) is 11.9 Å². The number of aromatic nitrogens is 3. The third-order valence-electron chi connectivity index (χ3n) is 5.58. The molecule has 0 atom stereocenters. The van der Waals surface area contributed by atoms with Crippen molar-refractivity contribution in [1.82, 2.24) is 14.9 Å². The summed E-state index contributed by atoms with van der Waals surface area (Å²) in [5.74, 6) is 2.65. The van der Waals surface area contributed by atoms with Crippen molar-refractivity contribution in [2.24, 2.45) is 10.1 Å². The number of anilines is 1. The number of nitrogen functional groups attached to an aromatic ring is 1. The van der Waals surface area contributed by atoms with Gasteiger partial charge in [0.05, 0.1) is 12.4 Å². The summed E-state index contributed by atoms with van der Waals surface area (Å²) < 4.78 is 13.1. The average Bonchev–Trinajstić information content (AvgIpc) is 3.60. The Morgan fingerprint density at radius 2 is 1.33 bits per heavy atom. The number of hydrogen-bond acceptors (Lipinski definition) is 7. The summed E-state index contributed by atoms with van der Waals surface area (Å²) >= 11 is 12.5. The van der Waals surface area contributed by atoms with Gasteiger partial charge in [-0.05, 0) is 61.4 Å². The van der Waals surface area contributed by atoms with Crippen LogP contribution in [0.2, 0.25) is 10.0 Å². The summed E-state index contributed by atoms with van der Waals surface area (Å²) in [4.78, 5) is 4.34. The molecule has 0 amide bonds. The van der Waals surface area contributed by atoms with Crippen LogP contribution in [0, 0.1) is 13.8 Å². The Morgan fingerprint density at radius 3 is 1.92 bits per heavy atom. The van der Waals surface area contributed by atoms with Crippen molar-refractivity contribution in [2.45, 2.75) is 13.8 Å². The maximum Gasteiger partial charge on any atom is 0.273 e. The van der Waals surface area contributed by atoms with E-state index in [0.29, 0.717) is 33.1 Å². The van der Waals surface area contributed by atoms with Crippen molar-refractivity contribution in [2.75, 3.05) is 5.73 Å². The number of nitrogens with two attached hydrogens (primary N) is 1. The van der Waals surface area contributed by atoms with Gasteiger partial charge in [0.15, 0.2) is 0 Å². The van der Waals surface area contributed by atoms with Crippen LogP contribution in [-0.2, 0) is 0 Å². The first-order valence-electron chi connectivity index (χ1n) is 10.9. The zero-order valence-electron chi connectivity index (χ0n) is 19.3. The van der Waals surface area contributed by atoms with Gasteiger partial charge in [-0.15, -0.1) is 10.2 Å². The molecule has 0 aliphatic rings. The van der Waals surface area contributed by atoms with E-state index < -0.39 is 0 Å². The number of hydrogen-bond donors (Lipinski definition) is 1. The van der Waals surface area contributed by atoms with Crippen LogP contribution in [-0.4, -0.2) is 27.3 Å². The number of nitrogens with zero attached hydrogens (tertiary/aromatic N) is 5. The smallest absolute Gasteiger partial charge is 0.273 e. The van der Waals surface area contributed by atoms with Crippen LogP contribution in [0.25, 0.3) is 22.6 Å². The average molecular weight is 519 g/mol. The second kappa shape index (κ2) is 9.85. The molecule has 180 valence electrons. The van der Waals surface area contributed by atoms with Crippen LogP contribution in [0.4, 0.5) is 11.9 Å². The predicted molar refractivity (Wildman–Crippen MR) is 142 cm³/mol. The number of aliphatic imine (C=N–C) groups is 1. The van der Waals surface area contributed by atoms with Crippen LogP contribution in [0.15, 0.2) is 79.6 Å². The summed E-state index contributed by atoms with van der Waals surface area (Å²) in [7, 11) is 0. The van der Waals surface area contributed by atoms with E-state index in [1.54, 1.807) is 12.1 Å². The Kier molecular flexibility index (Phi) is 6.45. The third-order valence-corrected chi connectivity index (χ3v) is 6.39. The molecular formula is C26H20Cl2N6O2. The minimum Gasteiger partial charge on any atom is -0.455 e. The highest BCUT2D eigenvalue weighted by Crippen LogP contribution is 2.30. The first-order chi connectivity index (χ1) is 17.4. The minimum absolute atomic E-state index is 0.0746. The molecule has 36 heavy (non-hydrogen) atoms. The van der Waals surface area contributed by atoms with E-state index in [1.165, 1.54) is 17.1 Å². The SMILES string of the molecule is Cc1c(Cl)cccc1-c1ccc(C=Nc2nnc(N)n2N=Cc2ccc(-c3cccc(Cl)c3C)o2)o1. The lowest BCUT2D eigenvalue weighted by Gasteiger charge is -2.03. The molecule has 0 aliphatic carbocycles. The van der Waals surface area contributed by atoms with Gasteiger partial charge in [-0.1, -0.05) is 47.5 Å². The van der Waals surface area contributed by atoms with Crippen molar-refractivity contribution >= 4 is 47.5 Å². The van der Waals surface area contributed by atoms with Gasteiger partial charge < -0.3 is 14.6 Å². The number of halogens is 2. The van der Waals surface area contributed by atoms with Gasteiger partial charge in [0.2, 0.25) is 5.95 Å². The first-order valence-corrected chi connectivity index (χ1v) is 11.7. The lowest BCUT2D eigenvalue weighted by molar-refractivity contribution is 0.573. The summed E-state index contributed by atoms with van der Waals surface area (Å²) in [6, 6.07) is 18.6. The fourth-order valence-corrected chi connectivity index (χ4v) is 3.94. The zero-order valence-corrected chi connectivity index (χ0v) is 20.8. The van der Waals surface area contributed by atoms with Crippen molar-refractivity contribution < 1.29 is 8.83 Å². The summed E-state index contributed by atoms with van der Waals surface area (Å²) in [5.41, 5.74) is 9.62. The first kappa shape index (κ1) is 23.6. The molecule has 0 fully saturated rings. The molecule has 2 aromatic carbocycles. The minimum atomic E-state index is 0.0746. The molecule has 0 spiro atoms. The maximum absolute atomic E-state index is 6.23. The van der Waals surface area contributed by atoms with Crippen LogP contribution >= 0.6 is 23.2 Å². The Bertz CT molecular complexity index is 1610. The molecule has 0 bridgehead atoms. The Hall–Kier alpha value is -4.14. The topological polar surface area (TPSA) is 108 Å². The highest BCUT2D eigenvalue weighted by atomic mass is 35.5. The predicted octanol–water partition coefficient (Wildman–Crippen LogP) is 6.94. The molecule has 0 saturated heterocycles. The zero-order chi connectivity index (χ0) is 25.2. The monoisotopic (exact) mass is 518 g/mol. The summed E-state index contributed by atoms with van der Waals surface area (Å²) in [6.45, 7) is 3.88. The molecule has 10 heteroatoms. The van der Waals surface area contributed by atoms with Gasteiger partial charge >= 0.3 is 0 Å². The normalized spacial score (nSPS) is 11.8. The van der Waals surface area contributed by atoms with Crippen molar-refractivity contribution in [3.05, 3.63) is 93.4 Å². The number of benzene rings is 2. The highest BCUT2D eigenvalue weighted by Gasteiger charge is 2.12. The fraction of sp³-hybridized carbons (Fsp3) is 0.0769. The van der Waals surface area contributed by atoms with Gasteiger partial charge in [0, 0.05) is 21.2 Å². The van der Waals surface area contributed by atoms with E-state index in [2.05, 4.69) is 20.3 Å². The quantitative estimate of drug-likeness (QED) is 0.245. The second-order valence-electron chi connectivity index (χ2n) is 7.90. The third kappa shape index (κ3) is 4.68. The van der Waals surface area contributed by atoms with E-state index in [4.69, 9.17) is 37.8 Å². The van der Waals surface area contributed by atoms with E-state index in [9.17, 15) is 0 Å². The fourth-order valence-electron chi connectivity index (χ4n) is 3.59. The Morgan fingerprint density at radius 1 is 0.778 bits per heavy atom. The van der Waals surface area contributed by atoms with Crippen LogP contribution in [0.5, 0.6) is 0 Å². The van der Waals surface area contributed by atoms with Gasteiger partial charge in [0.25, 0.3) is 5.95 Å². The van der Waals surface area contributed by atoms with Crippen LogP contribution in [0.1, 0.15) is 22.6 Å². The van der Waals surface area contributed by atoms with Crippen LogP contribution in [0.3, 0.4) is 0 Å². The molecule has 5 rings (SSSR count). The molecule has 0 saturated carbocycles. The summed E-state index contributed by atoms with van der Waals surface area (Å²) in [5, 5.41) is 13.5. The molecule has 5 aromatic rings. The molecule has 2 N–H and O–H groups in total. The van der Waals surface area contributed by atoms with Crippen molar-refractivity contribution in [1.29, 1.82) is 0 Å². The molecule has 3 aromatic heterocycles. The van der Waals surface area contributed by atoms with Crippen molar-refractivity contribution in [3.63, 3.8) is 0 Å². The van der Waals surface area contributed by atoms with E-state index in [0.717, 1.165) is 22.3 Å². The van der Waals surface area contributed by atoms with E-state index >= 15 is 0 Å².